The Labute approximate surface area is 116 Å². The van der Waals surface area contributed by atoms with Crippen LogP contribution in [-0.4, -0.2) is 49.3 Å². The first kappa shape index (κ1) is 14.4. The topological polar surface area (TPSA) is 26.7 Å². The number of rotatable bonds is 1. The van der Waals surface area contributed by atoms with E-state index in [0.717, 1.165) is 25.9 Å². The van der Waals surface area contributed by atoms with Crippen LogP contribution in [0.3, 0.4) is 0 Å². The van der Waals surface area contributed by atoms with E-state index < -0.39 is 0 Å². The number of hydrogen-bond acceptors (Lipinski definition) is 3. The predicted molar refractivity (Wildman–Crippen MR) is 80.6 cm³/mol. The van der Waals surface area contributed by atoms with Crippen LogP contribution in [0, 0.1) is 0 Å². The van der Waals surface area contributed by atoms with Gasteiger partial charge in [0.1, 0.15) is 0 Å². The molecule has 0 unspecified atom stereocenters. The summed E-state index contributed by atoms with van der Waals surface area (Å²) in [5.74, 6) is 0. The zero-order valence-electron chi connectivity index (χ0n) is 12.0. The van der Waals surface area contributed by atoms with Crippen molar-refractivity contribution in [3.05, 3.63) is 30.3 Å². The average molecular weight is 262 g/mol. The van der Waals surface area contributed by atoms with Crippen LogP contribution in [0.2, 0.25) is 0 Å². The van der Waals surface area contributed by atoms with Gasteiger partial charge >= 0.3 is 0 Å². The Morgan fingerprint density at radius 2 is 1.53 bits per heavy atom. The Hall–Kier alpha value is -1.06. The lowest BCUT2D eigenvalue weighted by Crippen LogP contribution is -2.32. The minimum absolute atomic E-state index is 0.0220. The number of benzene rings is 1. The number of para-hydroxylation sites is 1. The van der Waals surface area contributed by atoms with Crippen LogP contribution in [0.1, 0.15) is 25.7 Å². The van der Waals surface area contributed by atoms with Crippen LogP contribution >= 0.6 is 0 Å². The molecule has 3 nitrogen and oxygen atoms in total. The van der Waals surface area contributed by atoms with Crippen molar-refractivity contribution < 1.29 is 5.11 Å². The van der Waals surface area contributed by atoms with Crippen molar-refractivity contribution in [2.75, 3.05) is 38.1 Å². The van der Waals surface area contributed by atoms with Crippen LogP contribution in [0.5, 0.6) is 0 Å². The van der Waals surface area contributed by atoms with Gasteiger partial charge in [-0.25, -0.2) is 0 Å². The van der Waals surface area contributed by atoms with Crippen LogP contribution < -0.4 is 4.90 Å². The van der Waals surface area contributed by atoms with E-state index in [2.05, 4.69) is 47.2 Å². The molecule has 1 N–H and O–H groups in total. The third-order valence-corrected chi connectivity index (χ3v) is 3.92. The highest BCUT2D eigenvalue weighted by atomic mass is 16.3. The second kappa shape index (κ2) is 7.51. The fraction of sp³-hybridized carbons (Fsp3) is 0.625. The van der Waals surface area contributed by atoms with E-state index in [1.165, 1.54) is 31.6 Å². The number of anilines is 1. The van der Waals surface area contributed by atoms with Crippen molar-refractivity contribution in [2.45, 2.75) is 31.8 Å². The Bertz CT molecular complexity index is 331. The van der Waals surface area contributed by atoms with Crippen LogP contribution in [0.15, 0.2) is 30.3 Å². The highest BCUT2D eigenvalue weighted by Gasteiger charge is 2.12. The molecule has 0 spiro atoms. The summed E-state index contributed by atoms with van der Waals surface area (Å²) >= 11 is 0. The molecule has 1 aromatic rings. The molecule has 0 amide bonds. The monoisotopic (exact) mass is 262 g/mol. The van der Waals surface area contributed by atoms with Gasteiger partial charge in [-0.1, -0.05) is 18.2 Å². The third kappa shape index (κ3) is 4.84. The van der Waals surface area contributed by atoms with Crippen molar-refractivity contribution in [1.29, 1.82) is 0 Å². The molecule has 2 heterocycles. The zero-order valence-corrected chi connectivity index (χ0v) is 12.0. The molecular formula is C16H26N2O. The summed E-state index contributed by atoms with van der Waals surface area (Å²) in [5, 5.41) is 9.00. The van der Waals surface area contributed by atoms with Crippen molar-refractivity contribution in [2.24, 2.45) is 0 Å². The molecule has 2 fully saturated rings. The molecule has 0 aliphatic carbocycles. The number of likely N-dealkylation sites (tertiary alicyclic amines) is 1. The number of nitrogens with zero attached hydrogens (tertiary/aromatic N) is 2. The molecule has 0 bridgehead atoms. The average Bonchev–Trinajstić information content (AvgIpc) is 2.98. The number of hydrogen-bond donors (Lipinski definition) is 1. The first-order valence-electron chi connectivity index (χ1n) is 7.42. The van der Waals surface area contributed by atoms with Gasteiger partial charge < -0.3 is 14.9 Å². The maximum absolute atomic E-state index is 9.00. The molecule has 0 radical (unpaired) electrons. The Morgan fingerprint density at radius 1 is 0.947 bits per heavy atom. The number of aliphatic hydroxyl groups excluding tert-OH is 1. The summed E-state index contributed by atoms with van der Waals surface area (Å²) in [5.41, 5.74) is 1.38. The fourth-order valence-electron chi connectivity index (χ4n) is 2.61. The third-order valence-electron chi connectivity index (χ3n) is 3.92. The maximum atomic E-state index is 9.00. The fourth-order valence-corrected chi connectivity index (χ4v) is 2.61. The molecule has 3 rings (SSSR count). The van der Waals surface area contributed by atoms with Gasteiger partial charge in [0.15, 0.2) is 0 Å². The van der Waals surface area contributed by atoms with Gasteiger partial charge in [-0.3, -0.25) is 0 Å². The van der Waals surface area contributed by atoms with E-state index in [0.29, 0.717) is 0 Å². The predicted octanol–water partition coefficient (Wildman–Crippen LogP) is 2.36. The Kier molecular flexibility index (Phi) is 5.67. The summed E-state index contributed by atoms with van der Waals surface area (Å²) in [7, 11) is 2.09. The number of piperidine rings is 1. The summed E-state index contributed by atoms with van der Waals surface area (Å²) in [4.78, 5) is 4.69. The summed E-state index contributed by atoms with van der Waals surface area (Å²) in [6.45, 7) is 4.59. The standard InChI is InChI=1S/C10H13N.C6H13NO/c1-2-6-10(7-3-1)11-8-4-5-9-11;1-7-4-2-6(8)3-5-7/h1-3,6-7H,4-5,8-9H2;6,8H,2-5H2,1H3. The van der Waals surface area contributed by atoms with Crippen LogP contribution in [-0.2, 0) is 0 Å². The summed E-state index contributed by atoms with van der Waals surface area (Å²) < 4.78 is 0. The van der Waals surface area contributed by atoms with Gasteiger partial charge in [0.25, 0.3) is 0 Å². The van der Waals surface area contributed by atoms with Gasteiger partial charge in [0, 0.05) is 31.9 Å². The minimum atomic E-state index is -0.0220. The van der Waals surface area contributed by atoms with Crippen molar-refractivity contribution in [3.8, 4) is 0 Å². The van der Waals surface area contributed by atoms with E-state index in [4.69, 9.17) is 5.11 Å². The lowest BCUT2D eigenvalue weighted by molar-refractivity contribution is 0.0943. The first-order chi connectivity index (χ1) is 9.25. The van der Waals surface area contributed by atoms with Crippen molar-refractivity contribution in [1.82, 2.24) is 4.90 Å². The molecule has 2 aliphatic heterocycles. The second-order valence-corrected chi connectivity index (χ2v) is 5.56. The van der Waals surface area contributed by atoms with E-state index in [-0.39, 0.29) is 6.10 Å². The smallest absolute Gasteiger partial charge is 0.0564 e. The van der Waals surface area contributed by atoms with E-state index in [1.807, 2.05) is 0 Å². The molecule has 19 heavy (non-hydrogen) atoms. The highest BCUT2D eigenvalue weighted by Crippen LogP contribution is 2.18. The maximum Gasteiger partial charge on any atom is 0.0564 e. The van der Waals surface area contributed by atoms with Gasteiger partial charge in [0.2, 0.25) is 0 Å². The molecular weight excluding hydrogens is 236 g/mol. The molecule has 106 valence electrons. The lowest BCUT2D eigenvalue weighted by Gasteiger charge is -2.25. The SMILES string of the molecule is CN1CCC(O)CC1.c1ccc(N2CCCC2)cc1. The minimum Gasteiger partial charge on any atom is -0.393 e. The molecule has 2 aliphatic rings. The first-order valence-corrected chi connectivity index (χ1v) is 7.42. The summed E-state index contributed by atoms with van der Waals surface area (Å²) in [6, 6.07) is 10.7. The molecule has 2 saturated heterocycles. The van der Waals surface area contributed by atoms with Crippen molar-refractivity contribution >= 4 is 5.69 Å². The molecule has 0 aromatic heterocycles. The number of aliphatic hydroxyl groups is 1. The van der Waals surface area contributed by atoms with E-state index >= 15 is 0 Å². The lowest BCUT2D eigenvalue weighted by atomic mass is 10.1. The van der Waals surface area contributed by atoms with Gasteiger partial charge in [-0.05, 0) is 44.9 Å². The van der Waals surface area contributed by atoms with Crippen LogP contribution in [0.4, 0.5) is 5.69 Å². The molecule has 0 saturated carbocycles. The van der Waals surface area contributed by atoms with Crippen molar-refractivity contribution in [3.63, 3.8) is 0 Å². The second-order valence-electron chi connectivity index (χ2n) is 5.56. The Balaban J connectivity index is 0.000000148. The van der Waals surface area contributed by atoms with E-state index in [1.54, 1.807) is 0 Å². The normalized spacial score (nSPS) is 21.1. The molecule has 1 aromatic carbocycles. The van der Waals surface area contributed by atoms with Gasteiger partial charge in [0.05, 0.1) is 6.10 Å². The summed E-state index contributed by atoms with van der Waals surface area (Å²) in [6.07, 6.45) is 4.60. The molecule has 3 heteroatoms. The van der Waals surface area contributed by atoms with E-state index in [9.17, 15) is 0 Å². The molecule has 0 atom stereocenters. The largest absolute Gasteiger partial charge is 0.393 e. The zero-order chi connectivity index (χ0) is 13.5. The van der Waals surface area contributed by atoms with Crippen LogP contribution in [0.25, 0.3) is 0 Å². The quantitative estimate of drug-likeness (QED) is 0.841. The Morgan fingerprint density at radius 3 is 2.05 bits per heavy atom. The highest BCUT2D eigenvalue weighted by molar-refractivity contribution is 5.46. The van der Waals surface area contributed by atoms with Gasteiger partial charge in [-0.15, -0.1) is 0 Å². The van der Waals surface area contributed by atoms with Gasteiger partial charge in [-0.2, -0.15) is 0 Å².